The first-order valence-electron chi connectivity index (χ1n) is 4.83. The maximum absolute atomic E-state index is 5.58. The van der Waals surface area contributed by atoms with Crippen LogP contribution >= 0.6 is 0 Å². The zero-order valence-electron chi connectivity index (χ0n) is 8.76. The van der Waals surface area contributed by atoms with E-state index in [2.05, 4.69) is 32.7 Å². The van der Waals surface area contributed by atoms with Gasteiger partial charge in [0.2, 0.25) is 0 Å². The maximum atomic E-state index is 5.58. The Kier molecular flexibility index (Phi) is 3.13. The van der Waals surface area contributed by atoms with Crippen LogP contribution in [0.5, 0.6) is 0 Å². The third-order valence-corrected chi connectivity index (χ3v) is 2.65. The van der Waals surface area contributed by atoms with Crippen LogP contribution in [0.1, 0.15) is 33.6 Å². The predicted octanol–water partition coefficient (Wildman–Crippen LogP) is 1.90. The standard InChI is InChI=1S/C10H21NO/c1-10(2,3)11(4)8-9-6-5-7-12-9/h9H,5-8H2,1-4H3/t9-/m1/s1. The van der Waals surface area contributed by atoms with Crippen molar-refractivity contribution in [1.82, 2.24) is 4.90 Å². The van der Waals surface area contributed by atoms with Gasteiger partial charge in [-0.2, -0.15) is 0 Å². The van der Waals surface area contributed by atoms with Crippen molar-refractivity contribution in [2.75, 3.05) is 20.2 Å². The van der Waals surface area contributed by atoms with Crippen molar-refractivity contribution in [3.8, 4) is 0 Å². The van der Waals surface area contributed by atoms with Gasteiger partial charge in [-0.1, -0.05) is 0 Å². The zero-order chi connectivity index (χ0) is 9.19. The molecule has 1 atom stereocenters. The molecular weight excluding hydrogens is 150 g/mol. The molecule has 0 aliphatic carbocycles. The van der Waals surface area contributed by atoms with Gasteiger partial charge in [-0.25, -0.2) is 0 Å². The zero-order valence-corrected chi connectivity index (χ0v) is 8.76. The monoisotopic (exact) mass is 171 g/mol. The molecule has 2 nitrogen and oxygen atoms in total. The second-order valence-electron chi connectivity index (χ2n) is 4.69. The van der Waals surface area contributed by atoms with E-state index < -0.39 is 0 Å². The lowest BCUT2D eigenvalue weighted by molar-refractivity contribution is 0.0521. The Balaban J connectivity index is 2.30. The van der Waals surface area contributed by atoms with Crippen molar-refractivity contribution >= 4 is 0 Å². The van der Waals surface area contributed by atoms with E-state index in [0.29, 0.717) is 6.10 Å². The van der Waals surface area contributed by atoms with Crippen LogP contribution in [0.4, 0.5) is 0 Å². The molecule has 1 aliphatic rings. The van der Waals surface area contributed by atoms with Gasteiger partial charge >= 0.3 is 0 Å². The van der Waals surface area contributed by atoms with Gasteiger partial charge in [-0.3, -0.25) is 4.90 Å². The number of ether oxygens (including phenoxy) is 1. The highest BCUT2D eigenvalue weighted by Gasteiger charge is 2.23. The smallest absolute Gasteiger partial charge is 0.0702 e. The van der Waals surface area contributed by atoms with Crippen molar-refractivity contribution in [3.63, 3.8) is 0 Å². The van der Waals surface area contributed by atoms with E-state index >= 15 is 0 Å². The molecule has 12 heavy (non-hydrogen) atoms. The maximum Gasteiger partial charge on any atom is 0.0702 e. The van der Waals surface area contributed by atoms with Crippen LogP contribution in [-0.2, 0) is 4.74 Å². The van der Waals surface area contributed by atoms with Gasteiger partial charge in [0.15, 0.2) is 0 Å². The lowest BCUT2D eigenvalue weighted by atomic mass is 10.1. The van der Waals surface area contributed by atoms with E-state index in [9.17, 15) is 0 Å². The molecule has 1 heterocycles. The molecule has 2 heteroatoms. The fourth-order valence-electron chi connectivity index (χ4n) is 1.37. The molecule has 0 amide bonds. The highest BCUT2D eigenvalue weighted by molar-refractivity contribution is 4.77. The van der Waals surface area contributed by atoms with Crippen LogP contribution in [0.15, 0.2) is 0 Å². The molecule has 0 saturated carbocycles. The molecule has 0 bridgehead atoms. The fourth-order valence-corrected chi connectivity index (χ4v) is 1.37. The van der Waals surface area contributed by atoms with Gasteiger partial charge in [0.25, 0.3) is 0 Å². The number of hydrogen-bond acceptors (Lipinski definition) is 2. The first-order valence-corrected chi connectivity index (χ1v) is 4.83. The van der Waals surface area contributed by atoms with Crippen molar-refractivity contribution in [2.45, 2.75) is 45.3 Å². The lowest BCUT2D eigenvalue weighted by Crippen LogP contribution is -2.42. The van der Waals surface area contributed by atoms with Crippen LogP contribution in [0.2, 0.25) is 0 Å². The van der Waals surface area contributed by atoms with E-state index in [-0.39, 0.29) is 5.54 Å². The molecule has 1 fully saturated rings. The number of likely N-dealkylation sites (N-methyl/N-ethyl adjacent to an activating group) is 1. The van der Waals surface area contributed by atoms with Crippen molar-refractivity contribution < 1.29 is 4.74 Å². The van der Waals surface area contributed by atoms with E-state index in [1.807, 2.05) is 0 Å². The Bertz CT molecular complexity index is 133. The summed E-state index contributed by atoms with van der Waals surface area (Å²) in [6.45, 7) is 8.75. The Morgan fingerprint density at radius 2 is 2.08 bits per heavy atom. The Hall–Kier alpha value is -0.0800. The highest BCUT2D eigenvalue weighted by Crippen LogP contribution is 2.17. The molecule has 72 valence electrons. The molecular formula is C10H21NO. The SMILES string of the molecule is CN(C[C@H]1CCCO1)C(C)(C)C. The summed E-state index contributed by atoms with van der Waals surface area (Å²) < 4.78 is 5.58. The van der Waals surface area contributed by atoms with Crippen LogP contribution in [-0.4, -0.2) is 36.7 Å². The molecule has 1 rings (SSSR count). The third-order valence-electron chi connectivity index (χ3n) is 2.65. The van der Waals surface area contributed by atoms with E-state index in [1.54, 1.807) is 0 Å². The van der Waals surface area contributed by atoms with E-state index in [1.165, 1.54) is 12.8 Å². The molecule has 0 aromatic heterocycles. The van der Waals surface area contributed by atoms with Crippen molar-refractivity contribution in [3.05, 3.63) is 0 Å². The summed E-state index contributed by atoms with van der Waals surface area (Å²) in [5, 5.41) is 0. The molecule has 0 aromatic rings. The summed E-state index contributed by atoms with van der Waals surface area (Å²) in [4.78, 5) is 2.36. The normalized spacial score (nSPS) is 25.2. The van der Waals surface area contributed by atoms with Crippen LogP contribution < -0.4 is 0 Å². The number of hydrogen-bond donors (Lipinski definition) is 0. The van der Waals surface area contributed by atoms with Gasteiger partial charge in [-0.15, -0.1) is 0 Å². The van der Waals surface area contributed by atoms with Gasteiger partial charge in [0.05, 0.1) is 6.10 Å². The summed E-state index contributed by atoms with van der Waals surface area (Å²) in [5.41, 5.74) is 0.270. The molecule has 1 saturated heterocycles. The average Bonchev–Trinajstić information content (AvgIpc) is 2.37. The Labute approximate surface area is 75.9 Å². The minimum Gasteiger partial charge on any atom is -0.377 e. The van der Waals surface area contributed by atoms with Crippen molar-refractivity contribution in [1.29, 1.82) is 0 Å². The molecule has 0 radical (unpaired) electrons. The molecule has 0 N–H and O–H groups in total. The summed E-state index contributed by atoms with van der Waals surface area (Å²) in [7, 11) is 2.17. The third kappa shape index (κ3) is 2.76. The summed E-state index contributed by atoms with van der Waals surface area (Å²) in [6, 6.07) is 0. The summed E-state index contributed by atoms with van der Waals surface area (Å²) in [6.07, 6.45) is 2.96. The van der Waals surface area contributed by atoms with Gasteiger partial charge in [0.1, 0.15) is 0 Å². The second-order valence-corrected chi connectivity index (χ2v) is 4.69. The predicted molar refractivity (Wildman–Crippen MR) is 51.4 cm³/mol. The molecule has 0 aromatic carbocycles. The summed E-state index contributed by atoms with van der Waals surface area (Å²) >= 11 is 0. The number of nitrogens with zero attached hydrogens (tertiary/aromatic N) is 1. The van der Waals surface area contributed by atoms with Crippen LogP contribution in [0.3, 0.4) is 0 Å². The van der Waals surface area contributed by atoms with Gasteiger partial charge in [0, 0.05) is 18.7 Å². The van der Waals surface area contributed by atoms with E-state index in [4.69, 9.17) is 4.74 Å². The average molecular weight is 171 g/mol. The first kappa shape index (κ1) is 10.0. The number of rotatable bonds is 2. The Morgan fingerprint density at radius 1 is 1.42 bits per heavy atom. The Morgan fingerprint density at radius 3 is 2.50 bits per heavy atom. The second kappa shape index (κ2) is 3.75. The first-order chi connectivity index (χ1) is 5.50. The molecule has 0 unspecified atom stereocenters. The summed E-state index contributed by atoms with van der Waals surface area (Å²) in [5.74, 6) is 0. The highest BCUT2D eigenvalue weighted by atomic mass is 16.5. The quantitative estimate of drug-likeness (QED) is 0.629. The van der Waals surface area contributed by atoms with E-state index in [0.717, 1.165) is 13.2 Å². The topological polar surface area (TPSA) is 12.5 Å². The van der Waals surface area contributed by atoms with Crippen LogP contribution in [0.25, 0.3) is 0 Å². The van der Waals surface area contributed by atoms with Gasteiger partial charge < -0.3 is 4.74 Å². The molecule has 0 spiro atoms. The largest absolute Gasteiger partial charge is 0.377 e. The minimum absolute atomic E-state index is 0.270. The minimum atomic E-state index is 0.270. The lowest BCUT2D eigenvalue weighted by Gasteiger charge is -2.33. The van der Waals surface area contributed by atoms with Crippen molar-refractivity contribution in [2.24, 2.45) is 0 Å². The van der Waals surface area contributed by atoms with Crippen LogP contribution in [0, 0.1) is 0 Å². The fraction of sp³-hybridized carbons (Fsp3) is 1.00. The van der Waals surface area contributed by atoms with Gasteiger partial charge in [-0.05, 0) is 40.7 Å². The molecule has 1 aliphatic heterocycles.